The van der Waals surface area contributed by atoms with E-state index in [1.807, 2.05) is 5.48 Å². The molecule has 0 aromatic heterocycles. The van der Waals surface area contributed by atoms with Gasteiger partial charge in [-0.2, -0.15) is 0 Å². The number of benzene rings is 1. The first-order valence-corrected chi connectivity index (χ1v) is 9.34. The van der Waals surface area contributed by atoms with E-state index in [2.05, 4.69) is 0 Å². The summed E-state index contributed by atoms with van der Waals surface area (Å²) in [5.41, 5.74) is 2.63. The maximum absolute atomic E-state index is 12.6. The Kier molecular flexibility index (Phi) is 7.81. The number of rotatable bonds is 8. The molecule has 1 aliphatic heterocycles. The molecular formula is C17H19Cl3N2O7. The molecule has 0 saturated carbocycles. The van der Waals surface area contributed by atoms with Crippen molar-refractivity contribution in [1.82, 2.24) is 10.4 Å². The third-order valence-electron chi connectivity index (χ3n) is 4.17. The average Bonchev–Trinajstić information content (AvgIpc) is 2.68. The van der Waals surface area contributed by atoms with E-state index in [-0.39, 0.29) is 6.54 Å². The molecule has 0 bridgehead atoms. The number of hydrogen-bond donors (Lipinski definition) is 1. The van der Waals surface area contributed by atoms with Crippen molar-refractivity contribution in [3.8, 4) is 11.5 Å². The number of carbonyl (C=O) groups is 3. The monoisotopic (exact) mass is 468 g/mol. The van der Waals surface area contributed by atoms with Crippen molar-refractivity contribution < 1.29 is 33.4 Å². The molecule has 12 heteroatoms. The van der Waals surface area contributed by atoms with Gasteiger partial charge in [-0.25, -0.2) is 10.3 Å². The topological polar surface area (TPSA) is 103 Å². The maximum Gasteiger partial charge on any atom is 0.329 e. The second-order valence-electron chi connectivity index (χ2n) is 5.96. The van der Waals surface area contributed by atoms with Crippen LogP contribution in [0.5, 0.6) is 11.5 Å². The molecule has 0 aliphatic carbocycles. The second kappa shape index (κ2) is 9.71. The summed E-state index contributed by atoms with van der Waals surface area (Å²) in [4.78, 5) is 43.1. The molecule has 2 amide bonds. The lowest BCUT2D eigenvalue weighted by Gasteiger charge is -2.44. The zero-order chi connectivity index (χ0) is 21.8. The number of likely N-dealkylation sites (tertiary alicyclic amines) is 1. The molecule has 1 saturated heterocycles. The van der Waals surface area contributed by atoms with Gasteiger partial charge in [-0.05, 0) is 12.1 Å². The summed E-state index contributed by atoms with van der Waals surface area (Å²) in [6, 6.07) is 3.87. The lowest BCUT2D eigenvalue weighted by molar-refractivity contribution is -0.179. The number of β-lactam (4-membered cyclic amide) rings is 1. The number of alkyl halides is 3. The average molecular weight is 470 g/mol. The summed E-state index contributed by atoms with van der Waals surface area (Å²) in [6.07, 6.45) is 0. The van der Waals surface area contributed by atoms with Gasteiger partial charge in [0.15, 0.2) is 6.04 Å². The van der Waals surface area contributed by atoms with Crippen molar-refractivity contribution in [2.45, 2.75) is 16.4 Å². The largest absolute Gasteiger partial charge is 0.497 e. The molecule has 1 fully saturated rings. The third-order valence-corrected chi connectivity index (χ3v) is 4.50. The Balaban J connectivity index is 2.14. The van der Waals surface area contributed by atoms with Gasteiger partial charge in [-0.15, -0.1) is 0 Å². The number of methoxy groups -OCH3 is 3. The Morgan fingerprint density at radius 1 is 1.17 bits per heavy atom. The van der Waals surface area contributed by atoms with Gasteiger partial charge in [0.2, 0.25) is 9.70 Å². The highest BCUT2D eigenvalue weighted by molar-refractivity contribution is 6.67. The summed E-state index contributed by atoms with van der Waals surface area (Å²) >= 11 is 16.6. The first kappa shape index (κ1) is 23.3. The standard InChI is InChI=1S/C17H19Cl3N2O7/c1-26-10-5-4-9(11(6-10)27-2)7-22-13(16(25)28-3)12(15(22)24)14(23)21-29-8-17(18,19)20/h4-6,12-13H,7-8H2,1-3H3,(H,21,23). The van der Waals surface area contributed by atoms with E-state index in [0.29, 0.717) is 17.1 Å². The Morgan fingerprint density at radius 3 is 2.41 bits per heavy atom. The van der Waals surface area contributed by atoms with Gasteiger partial charge in [-0.3, -0.25) is 14.4 Å². The predicted molar refractivity (Wildman–Crippen MR) is 104 cm³/mol. The minimum atomic E-state index is -1.75. The molecule has 2 rings (SSSR count). The summed E-state index contributed by atoms with van der Waals surface area (Å²) in [5.74, 6) is -2.50. The fourth-order valence-electron chi connectivity index (χ4n) is 2.78. The van der Waals surface area contributed by atoms with Crippen molar-refractivity contribution >= 4 is 52.6 Å². The normalized spacial score (nSPS) is 18.7. The van der Waals surface area contributed by atoms with E-state index in [1.54, 1.807) is 18.2 Å². The quantitative estimate of drug-likeness (QED) is 0.203. The second-order valence-corrected chi connectivity index (χ2v) is 8.48. The third kappa shape index (κ3) is 5.57. The number of esters is 1. The summed E-state index contributed by atoms with van der Waals surface area (Å²) in [5, 5.41) is 0. The summed E-state index contributed by atoms with van der Waals surface area (Å²) < 4.78 is 13.4. The van der Waals surface area contributed by atoms with Gasteiger partial charge in [-0.1, -0.05) is 34.8 Å². The molecule has 1 heterocycles. The van der Waals surface area contributed by atoms with Crippen molar-refractivity contribution in [2.24, 2.45) is 5.92 Å². The lowest BCUT2D eigenvalue weighted by atomic mass is 9.86. The Morgan fingerprint density at radius 2 is 1.86 bits per heavy atom. The Bertz CT molecular complexity index is 785. The molecule has 0 spiro atoms. The van der Waals surface area contributed by atoms with Gasteiger partial charge in [0.1, 0.15) is 24.0 Å². The molecule has 160 valence electrons. The van der Waals surface area contributed by atoms with Crippen molar-refractivity contribution in [1.29, 1.82) is 0 Å². The number of hydrogen-bond acceptors (Lipinski definition) is 7. The van der Waals surface area contributed by atoms with Crippen molar-refractivity contribution in [2.75, 3.05) is 27.9 Å². The van der Waals surface area contributed by atoms with Gasteiger partial charge in [0, 0.05) is 11.6 Å². The van der Waals surface area contributed by atoms with E-state index in [4.69, 9.17) is 53.9 Å². The predicted octanol–water partition coefficient (Wildman–Crippen LogP) is 1.62. The first-order valence-electron chi connectivity index (χ1n) is 8.20. The zero-order valence-corrected chi connectivity index (χ0v) is 18.0. The minimum absolute atomic E-state index is 0.0184. The summed E-state index contributed by atoms with van der Waals surface area (Å²) in [6.45, 7) is -0.426. The fourth-order valence-corrected chi connectivity index (χ4v) is 2.95. The van der Waals surface area contributed by atoms with Gasteiger partial charge >= 0.3 is 5.97 Å². The van der Waals surface area contributed by atoms with Crippen LogP contribution in [-0.2, 0) is 30.5 Å². The highest BCUT2D eigenvalue weighted by Crippen LogP contribution is 2.33. The van der Waals surface area contributed by atoms with Gasteiger partial charge < -0.3 is 19.1 Å². The lowest BCUT2D eigenvalue weighted by Crippen LogP contribution is -2.68. The molecule has 1 aromatic carbocycles. The van der Waals surface area contributed by atoms with Crippen LogP contribution in [0.15, 0.2) is 18.2 Å². The van der Waals surface area contributed by atoms with E-state index in [1.165, 1.54) is 19.1 Å². The van der Waals surface area contributed by atoms with Crippen LogP contribution in [0.4, 0.5) is 0 Å². The number of carbonyl (C=O) groups excluding carboxylic acids is 3. The number of amides is 2. The van der Waals surface area contributed by atoms with Crippen LogP contribution in [-0.4, -0.2) is 60.5 Å². The van der Waals surface area contributed by atoms with E-state index in [9.17, 15) is 14.4 Å². The molecule has 2 atom stereocenters. The number of nitrogens with zero attached hydrogens (tertiary/aromatic N) is 1. The van der Waals surface area contributed by atoms with Crippen LogP contribution in [0.1, 0.15) is 5.56 Å². The highest BCUT2D eigenvalue weighted by atomic mass is 35.6. The van der Waals surface area contributed by atoms with Crippen LogP contribution in [0.25, 0.3) is 0 Å². The molecule has 1 N–H and O–H groups in total. The van der Waals surface area contributed by atoms with E-state index >= 15 is 0 Å². The number of nitrogens with one attached hydrogen (secondary N) is 1. The molecule has 1 aliphatic rings. The van der Waals surface area contributed by atoms with Crippen molar-refractivity contribution in [3.63, 3.8) is 0 Å². The smallest absolute Gasteiger partial charge is 0.329 e. The molecule has 2 unspecified atom stereocenters. The molecular weight excluding hydrogens is 451 g/mol. The Hall–Kier alpha value is -1.94. The maximum atomic E-state index is 12.6. The molecule has 29 heavy (non-hydrogen) atoms. The van der Waals surface area contributed by atoms with Gasteiger partial charge in [0.25, 0.3) is 5.91 Å². The number of hydroxylamine groups is 1. The SMILES string of the molecule is COC(=O)C1C(C(=O)NOCC(Cl)(Cl)Cl)C(=O)N1Cc1ccc(OC)cc1OC. The Labute approximate surface area is 182 Å². The van der Waals surface area contributed by atoms with Crippen LogP contribution in [0, 0.1) is 5.92 Å². The first-order chi connectivity index (χ1) is 13.6. The number of ether oxygens (including phenoxy) is 3. The van der Waals surface area contributed by atoms with E-state index in [0.717, 1.165) is 7.11 Å². The van der Waals surface area contributed by atoms with Crippen molar-refractivity contribution in [3.05, 3.63) is 23.8 Å². The molecule has 9 nitrogen and oxygen atoms in total. The zero-order valence-electron chi connectivity index (χ0n) is 15.7. The fraction of sp³-hybridized carbons (Fsp3) is 0.471. The van der Waals surface area contributed by atoms with Crippen LogP contribution in [0.2, 0.25) is 0 Å². The molecule has 1 aromatic rings. The van der Waals surface area contributed by atoms with Crippen LogP contribution >= 0.6 is 34.8 Å². The summed E-state index contributed by atoms with van der Waals surface area (Å²) in [7, 11) is 4.13. The highest BCUT2D eigenvalue weighted by Gasteiger charge is 2.56. The number of halogens is 3. The minimum Gasteiger partial charge on any atom is -0.497 e. The van der Waals surface area contributed by atoms with Crippen LogP contribution in [0.3, 0.4) is 0 Å². The van der Waals surface area contributed by atoms with Gasteiger partial charge in [0.05, 0.1) is 27.9 Å². The van der Waals surface area contributed by atoms with E-state index < -0.39 is 40.1 Å². The van der Waals surface area contributed by atoms with Crippen LogP contribution < -0.4 is 15.0 Å². The molecule has 0 radical (unpaired) electrons.